The zero-order valence-corrected chi connectivity index (χ0v) is 16.5. The van der Waals surface area contributed by atoms with Crippen LogP contribution in [0.2, 0.25) is 5.02 Å². The van der Waals surface area contributed by atoms with Gasteiger partial charge in [0.2, 0.25) is 0 Å². The molecule has 5 nitrogen and oxygen atoms in total. The van der Waals surface area contributed by atoms with Crippen molar-refractivity contribution in [1.29, 1.82) is 0 Å². The van der Waals surface area contributed by atoms with Crippen LogP contribution in [0.3, 0.4) is 0 Å². The molecule has 0 bridgehead atoms. The first-order valence-electron chi connectivity index (χ1n) is 9.24. The number of aliphatic hydroxyl groups is 1. The molecule has 4 rings (SSSR count). The Hall–Kier alpha value is -1.73. The molecule has 1 aliphatic carbocycles. The first kappa shape index (κ1) is 18.6. The molecule has 1 atom stereocenters. The molecule has 0 saturated carbocycles. The zero-order valence-electron chi connectivity index (χ0n) is 14.9. The fourth-order valence-corrected chi connectivity index (χ4v) is 5.18. The summed E-state index contributed by atoms with van der Waals surface area (Å²) in [6.45, 7) is 1.51. The molecule has 2 heterocycles. The zero-order chi connectivity index (χ0) is 18.8. The Bertz CT molecular complexity index is 1010. The monoisotopic (exact) mass is 403 g/mol. The number of nitrogens with zero attached hydrogens (tertiary/aromatic N) is 2. The summed E-state index contributed by atoms with van der Waals surface area (Å²) < 4.78 is 1.67. The fourth-order valence-electron chi connectivity index (χ4n) is 3.71. The molecule has 0 spiro atoms. The van der Waals surface area contributed by atoms with Crippen LogP contribution < -0.4 is 10.9 Å². The predicted octanol–water partition coefficient (Wildman–Crippen LogP) is 2.99. The van der Waals surface area contributed by atoms with Gasteiger partial charge in [0.05, 0.1) is 18.3 Å². The van der Waals surface area contributed by atoms with Gasteiger partial charge in [-0.2, -0.15) is 0 Å². The second-order valence-corrected chi connectivity index (χ2v) is 8.48. The van der Waals surface area contributed by atoms with Gasteiger partial charge < -0.3 is 10.4 Å². The third-order valence-corrected chi connectivity index (χ3v) is 6.44. The lowest BCUT2D eigenvalue weighted by atomic mass is 9.93. The molecular formula is C20H22ClN3O2S. The fraction of sp³-hybridized carbons (Fsp3) is 0.400. The van der Waals surface area contributed by atoms with Gasteiger partial charge in [-0.3, -0.25) is 9.36 Å². The van der Waals surface area contributed by atoms with Crippen LogP contribution >= 0.6 is 22.9 Å². The Morgan fingerprint density at radius 2 is 2.30 bits per heavy atom. The van der Waals surface area contributed by atoms with Gasteiger partial charge in [-0.05, 0) is 55.5 Å². The molecule has 27 heavy (non-hydrogen) atoms. The minimum atomic E-state index is 0.0316. The van der Waals surface area contributed by atoms with Crippen molar-refractivity contribution in [3.05, 3.63) is 62.0 Å². The highest BCUT2D eigenvalue weighted by molar-refractivity contribution is 7.18. The number of hydrogen-bond acceptors (Lipinski definition) is 5. The first-order valence-corrected chi connectivity index (χ1v) is 10.4. The number of rotatable bonds is 6. The highest BCUT2D eigenvalue weighted by atomic mass is 35.5. The van der Waals surface area contributed by atoms with Crippen molar-refractivity contribution in [3.63, 3.8) is 0 Å². The molecule has 142 valence electrons. The molecule has 0 radical (unpaired) electrons. The van der Waals surface area contributed by atoms with E-state index in [1.807, 2.05) is 24.3 Å². The van der Waals surface area contributed by atoms with Crippen LogP contribution in [0.1, 0.15) is 28.8 Å². The summed E-state index contributed by atoms with van der Waals surface area (Å²) in [4.78, 5) is 19.8. The maximum atomic E-state index is 13.1. The summed E-state index contributed by atoms with van der Waals surface area (Å²) in [5, 5.41) is 13.9. The van der Waals surface area contributed by atoms with Gasteiger partial charge in [-0.25, -0.2) is 4.98 Å². The SMILES string of the molecule is O=c1c2c3c(sc2ncn1Cc1cccc(Cl)c1)CC(NCCCO)CC3. The van der Waals surface area contributed by atoms with E-state index in [2.05, 4.69) is 10.3 Å². The van der Waals surface area contributed by atoms with Crippen LogP contribution in [-0.2, 0) is 19.4 Å². The molecule has 0 saturated heterocycles. The largest absolute Gasteiger partial charge is 0.396 e. The Labute approximate surface area is 166 Å². The van der Waals surface area contributed by atoms with Gasteiger partial charge in [-0.15, -0.1) is 11.3 Å². The second kappa shape index (κ2) is 8.10. The van der Waals surface area contributed by atoms with Crippen LogP contribution in [-0.4, -0.2) is 33.9 Å². The van der Waals surface area contributed by atoms with Crippen LogP contribution in [0.15, 0.2) is 35.4 Å². The van der Waals surface area contributed by atoms with Crippen molar-refractivity contribution in [2.24, 2.45) is 0 Å². The molecule has 1 aliphatic rings. The highest BCUT2D eigenvalue weighted by Crippen LogP contribution is 2.33. The lowest BCUT2D eigenvalue weighted by Crippen LogP contribution is -2.35. The predicted molar refractivity (Wildman–Crippen MR) is 110 cm³/mol. The molecule has 2 N–H and O–H groups in total. The molecule has 1 unspecified atom stereocenters. The van der Waals surface area contributed by atoms with E-state index in [9.17, 15) is 4.79 Å². The van der Waals surface area contributed by atoms with E-state index in [1.165, 1.54) is 10.4 Å². The number of thiophene rings is 1. The normalized spacial score (nSPS) is 16.6. The number of aryl methyl sites for hydroxylation is 1. The number of benzene rings is 1. The van der Waals surface area contributed by atoms with Gasteiger partial charge >= 0.3 is 0 Å². The van der Waals surface area contributed by atoms with Gasteiger partial charge in [0.25, 0.3) is 5.56 Å². The van der Waals surface area contributed by atoms with Crippen molar-refractivity contribution >= 4 is 33.2 Å². The van der Waals surface area contributed by atoms with Crippen molar-refractivity contribution in [1.82, 2.24) is 14.9 Å². The van der Waals surface area contributed by atoms with Crippen LogP contribution in [0.5, 0.6) is 0 Å². The summed E-state index contributed by atoms with van der Waals surface area (Å²) in [7, 11) is 0. The van der Waals surface area contributed by atoms with Crippen LogP contribution in [0.25, 0.3) is 10.2 Å². The van der Waals surface area contributed by atoms with E-state index in [4.69, 9.17) is 16.7 Å². The molecule has 1 aromatic carbocycles. The van der Waals surface area contributed by atoms with E-state index < -0.39 is 0 Å². The van der Waals surface area contributed by atoms with Gasteiger partial charge in [0.1, 0.15) is 4.83 Å². The summed E-state index contributed by atoms with van der Waals surface area (Å²) >= 11 is 7.70. The average Bonchev–Trinajstić information content (AvgIpc) is 3.03. The Morgan fingerprint density at radius 1 is 1.41 bits per heavy atom. The summed E-state index contributed by atoms with van der Waals surface area (Å²) in [6, 6.07) is 7.98. The second-order valence-electron chi connectivity index (χ2n) is 6.96. The first-order chi connectivity index (χ1) is 13.2. The van der Waals surface area contributed by atoms with Crippen molar-refractivity contribution < 1.29 is 5.11 Å². The lowest BCUT2D eigenvalue weighted by Gasteiger charge is -2.23. The minimum Gasteiger partial charge on any atom is -0.396 e. The smallest absolute Gasteiger partial charge is 0.262 e. The quantitative estimate of drug-likeness (QED) is 0.621. The van der Waals surface area contributed by atoms with Crippen molar-refractivity contribution in [3.8, 4) is 0 Å². The molecule has 0 aliphatic heterocycles. The number of nitrogens with one attached hydrogen (secondary N) is 1. The molecule has 0 amide bonds. The van der Waals surface area contributed by atoms with E-state index in [1.54, 1.807) is 22.2 Å². The van der Waals surface area contributed by atoms with Gasteiger partial charge in [0, 0.05) is 22.5 Å². The number of halogens is 1. The van der Waals surface area contributed by atoms with E-state index in [-0.39, 0.29) is 12.2 Å². The number of aromatic nitrogens is 2. The lowest BCUT2D eigenvalue weighted by molar-refractivity contribution is 0.281. The summed E-state index contributed by atoms with van der Waals surface area (Å²) in [5.74, 6) is 0. The van der Waals surface area contributed by atoms with Crippen LogP contribution in [0.4, 0.5) is 0 Å². The Kier molecular flexibility index (Phi) is 5.59. The van der Waals surface area contributed by atoms with E-state index in [0.29, 0.717) is 17.6 Å². The van der Waals surface area contributed by atoms with Gasteiger partial charge in [-0.1, -0.05) is 23.7 Å². The topological polar surface area (TPSA) is 67.2 Å². The number of hydrogen-bond donors (Lipinski definition) is 2. The van der Waals surface area contributed by atoms with Crippen molar-refractivity contribution in [2.45, 2.75) is 38.3 Å². The maximum Gasteiger partial charge on any atom is 0.262 e. The summed E-state index contributed by atoms with van der Waals surface area (Å²) in [5.41, 5.74) is 2.19. The average molecular weight is 404 g/mol. The molecule has 2 aromatic heterocycles. The molecule has 7 heteroatoms. The highest BCUT2D eigenvalue weighted by Gasteiger charge is 2.24. The Balaban J connectivity index is 1.62. The van der Waals surface area contributed by atoms with Crippen LogP contribution in [0, 0.1) is 0 Å². The van der Waals surface area contributed by atoms with E-state index >= 15 is 0 Å². The Morgan fingerprint density at radius 3 is 3.11 bits per heavy atom. The van der Waals surface area contributed by atoms with Crippen molar-refractivity contribution in [2.75, 3.05) is 13.2 Å². The number of aliphatic hydroxyl groups excluding tert-OH is 1. The summed E-state index contributed by atoms with van der Waals surface area (Å²) in [6.07, 6.45) is 5.24. The standard InChI is InChI=1S/C20H22ClN3O2S/c21-14-4-1-3-13(9-14)11-24-12-23-19-18(20(24)26)16-6-5-15(10-17(16)27-19)22-7-2-8-25/h1,3-4,9,12,15,22,25H,2,5-8,10-11H2. The third-order valence-electron chi connectivity index (χ3n) is 5.05. The molecule has 0 fully saturated rings. The number of fused-ring (bicyclic) bond motifs is 3. The van der Waals surface area contributed by atoms with Gasteiger partial charge in [0.15, 0.2) is 0 Å². The molecular weight excluding hydrogens is 382 g/mol. The maximum absolute atomic E-state index is 13.1. The van der Waals surface area contributed by atoms with E-state index in [0.717, 1.165) is 48.0 Å². The molecule has 3 aromatic rings. The minimum absolute atomic E-state index is 0.0316. The third kappa shape index (κ3) is 3.94.